The Hall–Kier alpha value is -1.03. The van der Waals surface area contributed by atoms with Gasteiger partial charge in [-0.15, -0.1) is 0 Å². The molecule has 2 heterocycles. The molecule has 2 unspecified atom stereocenters. The van der Waals surface area contributed by atoms with Gasteiger partial charge in [-0.3, -0.25) is 0 Å². The van der Waals surface area contributed by atoms with Crippen LogP contribution in [0.1, 0.15) is 6.42 Å². The molecule has 0 bridgehead atoms. The number of nitrogens with one attached hydrogen (secondary N) is 1. The highest BCUT2D eigenvalue weighted by Crippen LogP contribution is 2.16. The Morgan fingerprint density at radius 1 is 1.75 bits per heavy atom. The van der Waals surface area contributed by atoms with Crippen LogP contribution in [0, 0.1) is 10.1 Å². The third-order valence-electron chi connectivity index (χ3n) is 3.15. The zero-order chi connectivity index (χ0) is 14.5. The summed E-state index contributed by atoms with van der Waals surface area (Å²) in [6, 6.07) is 0.135. The molecule has 9 heteroatoms. The van der Waals surface area contributed by atoms with Crippen molar-refractivity contribution in [2.75, 3.05) is 19.8 Å². The maximum Gasteiger partial charge on any atom is 0.434 e. The van der Waals surface area contributed by atoms with Gasteiger partial charge in [-0.25, -0.2) is 4.57 Å². The Morgan fingerprint density at radius 2 is 2.55 bits per heavy atom. The second-order valence-electron chi connectivity index (χ2n) is 4.68. The minimum Gasteiger partial charge on any atom is -0.390 e. The van der Waals surface area contributed by atoms with Crippen molar-refractivity contribution in [3.8, 4) is 0 Å². The van der Waals surface area contributed by atoms with E-state index in [1.165, 1.54) is 17.0 Å². The minimum atomic E-state index is -0.732. The fraction of sp³-hybridized carbons (Fsp3) is 0.727. The Kier molecular flexibility index (Phi) is 5.46. The van der Waals surface area contributed by atoms with Crippen molar-refractivity contribution in [1.29, 1.82) is 0 Å². The van der Waals surface area contributed by atoms with E-state index in [4.69, 9.17) is 4.74 Å². The van der Waals surface area contributed by atoms with Crippen molar-refractivity contribution in [1.82, 2.24) is 14.9 Å². The standard InChI is InChI=1S/C11H17BrN4O4/c12-9-1-4-20-7-10(9)14-5-8(17)6-15-3-2-13-11(15)16(18)19/h2-3,8-10,14,17H,1,4-7H2/t8?,9-,10?/m0/s1. The number of rotatable bonds is 6. The lowest BCUT2D eigenvalue weighted by molar-refractivity contribution is -0.397. The predicted octanol–water partition coefficient (Wildman–Crippen LogP) is 0.294. The van der Waals surface area contributed by atoms with Gasteiger partial charge in [-0.2, -0.15) is 0 Å². The van der Waals surface area contributed by atoms with Crippen LogP contribution in [-0.4, -0.2) is 56.3 Å². The first-order valence-corrected chi connectivity index (χ1v) is 7.28. The van der Waals surface area contributed by atoms with Crippen molar-refractivity contribution in [2.24, 2.45) is 0 Å². The second-order valence-corrected chi connectivity index (χ2v) is 5.86. The normalized spacial score (nSPS) is 24.5. The zero-order valence-electron chi connectivity index (χ0n) is 10.8. The van der Waals surface area contributed by atoms with E-state index in [0.717, 1.165) is 13.0 Å². The molecule has 0 aromatic carbocycles. The van der Waals surface area contributed by atoms with Crippen molar-refractivity contribution in [2.45, 2.75) is 29.9 Å². The van der Waals surface area contributed by atoms with Crippen LogP contribution in [0.4, 0.5) is 5.95 Å². The van der Waals surface area contributed by atoms with Gasteiger partial charge in [-0.05, 0) is 11.3 Å². The molecule has 1 aromatic heterocycles. The first kappa shape index (κ1) is 15.4. The molecular formula is C11H17BrN4O4. The maximum atomic E-state index is 10.7. The highest BCUT2D eigenvalue weighted by molar-refractivity contribution is 9.09. The first-order valence-electron chi connectivity index (χ1n) is 6.36. The quantitative estimate of drug-likeness (QED) is 0.435. The monoisotopic (exact) mass is 348 g/mol. The van der Waals surface area contributed by atoms with Crippen LogP contribution in [0.5, 0.6) is 0 Å². The number of hydrogen-bond donors (Lipinski definition) is 2. The van der Waals surface area contributed by atoms with Gasteiger partial charge in [0.05, 0.1) is 19.3 Å². The molecule has 8 nitrogen and oxygen atoms in total. The minimum absolute atomic E-state index is 0.129. The molecule has 112 valence electrons. The van der Waals surface area contributed by atoms with Gasteiger partial charge in [0.25, 0.3) is 0 Å². The molecule has 0 saturated carbocycles. The number of aliphatic hydroxyl groups is 1. The van der Waals surface area contributed by atoms with Crippen molar-refractivity contribution >= 4 is 21.9 Å². The summed E-state index contributed by atoms with van der Waals surface area (Å²) < 4.78 is 6.69. The van der Waals surface area contributed by atoms with Gasteiger partial charge in [0, 0.05) is 24.0 Å². The smallest absolute Gasteiger partial charge is 0.390 e. The van der Waals surface area contributed by atoms with E-state index in [2.05, 4.69) is 26.2 Å². The number of hydrogen-bond acceptors (Lipinski definition) is 6. The van der Waals surface area contributed by atoms with Crippen molar-refractivity contribution in [3.05, 3.63) is 22.5 Å². The number of nitro groups is 1. The van der Waals surface area contributed by atoms with Crippen LogP contribution >= 0.6 is 15.9 Å². The largest absolute Gasteiger partial charge is 0.434 e. The third kappa shape index (κ3) is 3.98. The van der Waals surface area contributed by atoms with Crippen LogP contribution in [0.15, 0.2) is 12.4 Å². The zero-order valence-corrected chi connectivity index (χ0v) is 12.4. The van der Waals surface area contributed by atoms with E-state index in [1.807, 2.05) is 0 Å². The number of aromatic nitrogens is 2. The van der Waals surface area contributed by atoms with Crippen LogP contribution in [-0.2, 0) is 11.3 Å². The number of alkyl halides is 1. The Labute approximate surface area is 124 Å². The molecule has 2 rings (SSSR count). The van der Waals surface area contributed by atoms with E-state index in [9.17, 15) is 15.2 Å². The van der Waals surface area contributed by atoms with Crippen LogP contribution in [0.25, 0.3) is 0 Å². The Balaban J connectivity index is 1.81. The van der Waals surface area contributed by atoms with E-state index >= 15 is 0 Å². The average molecular weight is 349 g/mol. The molecule has 2 N–H and O–H groups in total. The Bertz CT molecular complexity index is 455. The number of ether oxygens (including phenoxy) is 1. The van der Waals surface area contributed by atoms with Gasteiger partial charge in [0.1, 0.15) is 12.4 Å². The van der Waals surface area contributed by atoms with Crippen molar-refractivity contribution in [3.63, 3.8) is 0 Å². The first-order chi connectivity index (χ1) is 9.58. The van der Waals surface area contributed by atoms with Crippen LogP contribution in [0.2, 0.25) is 0 Å². The summed E-state index contributed by atoms with van der Waals surface area (Å²) >= 11 is 3.57. The van der Waals surface area contributed by atoms with Crippen molar-refractivity contribution < 1.29 is 14.8 Å². The molecule has 0 aliphatic carbocycles. The lowest BCUT2D eigenvalue weighted by Crippen LogP contribution is -2.47. The lowest BCUT2D eigenvalue weighted by Gasteiger charge is -2.29. The molecule has 3 atom stereocenters. The van der Waals surface area contributed by atoms with Crippen LogP contribution in [0.3, 0.4) is 0 Å². The summed E-state index contributed by atoms with van der Waals surface area (Å²) in [4.78, 5) is 14.1. The number of imidazole rings is 1. The molecule has 20 heavy (non-hydrogen) atoms. The highest BCUT2D eigenvalue weighted by Gasteiger charge is 2.24. The topological polar surface area (TPSA) is 102 Å². The van der Waals surface area contributed by atoms with Gasteiger partial charge >= 0.3 is 5.95 Å². The van der Waals surface area contributed by atoms with Gasteiger partial charge < -0.3 is 25.3 Å². The van der Waals surface area contributed by atoms with E-state index in [-0.39, 0.29) is 18.5 Å². The summed E-state index contributed by atoms with van der Waals surface area (Å²) in [5.41, 5.74) is 0. The summed E-state index contributed by atoms with van der Waals surface area (Å²) in [6.45, 7) is 1.79. The highest BCUT2D eigenvalue weighted by atomic mass is 79.9. The summed E-state index contributed by atoms with van der Waals surface area (Å²) in [5, 5.41) is 23.9. The summed E-state index contributed by atoms with van der Waals surface area (Å²) in [6.07, 6.45) is 3.02. The summed E-state index contributed by atoms with van der Waals surface area (Å²) in [7, 11) is 0. The molecule has 0 amide bonds. The molecule has 0 radical (unpaired) electrons. The SMILES string of the molecule is O=[N+]([O-])c1nccn1CC(O)CNC1COCC[C@@H]1Br. The molecule has 1 aromatic rings. The van der Waals surface area contributed by atoms with Gasteiger partial charge in [-0.1, -0.05) is 20.9 Å². The third-order valence-corrected chi connectivity index (χ3v) is 4.25. The fourth-order valence-electron chi connectivity index (χ4n) is 2.09. The van der Waals surface area contributed by atoms with E-state index in [0.29, 0.717) is 18.0 Å². The number of aliphatic hydroxyl groups excluding tert-OH is 1. The van der Waals surface area contributed by atoms with Crippen LogP contribution < -0.4 is 5.32 Å². The molecule has 0 spiro atoms. The van der Waals surface area contributed by atoms with E-state index in [1.54, 1.807) is 0 Å². The molecule has 1 aliphatic heterocycles. The van der Waals surface area contributed by atoms with Gasteiger partial charge in [0.2, 0.25) is 0 Å². The number of halogens is 1. The molecular weight excluding hydrogens is 332 g/mol. The van der Waals surface area contributed by atoms with E-state index < -0.39 is 11.0 Å². The second kappa shape index (κ2) is 7.11. The Morgan fingerprint density at radius 3 is 3.25 bits per heavy atom. The predicted molar refractivity (Wildman–Crippen MR) is 74.8 cm³/mol. The average Bonchev–Trinajstić information content (AvgIpc) is 2.86. The molecule has 1 saturated heterocycles. The maximum absolute atomic E-state index is 10.7. The molecule has 1 aliphatic rings. The summed E-state index contributed by atoms with van der Waals surface area (Å²) in [5.74, 6) is -0.261. The van der Waals surface area contributed by atoms with Gasteiger partial charge in [0.15, 0.2) is 0 Å². The fourth-order valence-corrected chi connectivity index (χ4v) is 2.62. The lowest BCUT2D eigenvalue weighted by atomic mass is 10.1. The molecule has 1 fully saturated rings. The number of nitrogens with zero attached hydrogens (tertiary/aromatic N) is 3.